The maximum absolute atomic E-state index is 14.2. The van der Waals surface area contributed by atoms with Crippen LogP contribution in [0.15, 0.2) is 72.4 Å². The molecule has 8 heteroatoms. The van der Waals surface area contributed by atoms with Crippen LogP contribution in [0.5, 0.6) is 0 Å². The van der Waals surface area contributed by atoms with Crippen molar-refractivity contribution in [3.05, 3.63) is 111 Å². The number of imide groups is 1. The van der Waals surface area contributed by atoms with E-state index in [2.05, 4.69) is 5.32 Å². The molecule has 0 aromatic heterocycles. The van der Waals surface area contributed by atoms with Gasteiger partial charge in [-0.1, -0.05) is 24.3 Å². The Bertz CT molecular complexity index is 1300. The number of anilines is 1. The average Bonchev–Trinajstić information content (AvgIpc) is 2.99. The van der Waals surface area contributed by atoms with Crippen molar-refractivity contribution in [2.45, 2.75) is 20.4 Å². The molecule has 0 saturated heterocycles. The molecule has 4 rings (SSSR count). The van der Waals surface area contributed by atoms with Gasteiger partial charge in [-0.15, -0.1) is 0 Å². The van der Waals surface area contributed by atoms with Gasteiger partial charge in [-0.05, 0) is 60.9 Å². The highest BCUT2D eigenvalue weighted by Crippen LogP contribution is 2.33. The summed E-state index contributed by atoms with van der Waals surface area (Å²) in [6.45, 7) is 3.59. The summed E-state index contributed by atoms with van der Waals surface area (Å²) in [5, 5.41) is 14.1. The number of nitrogens with one attached hydrogen (secondary N) is 1. The number of halogens is 1. The Morgan fingerprint density at radius 3 is 2.18 bits per heavy atom. The van der Waals surface area contributed by atoms with E-state index in [-0.39, 0.29) is 29.1 Å². The third kappa shape index (κ3) is 4.36. The zero-order valence-electron chi connectivity index (χ0n) is 18.0. The summed E-state index contributed by atoms with van der Waals surface area (Å²) in [6, 6.07) is 17.0. The molecule has 1 aliphatic rings. The lowest BCUT2D eigenvalue weighted by Gasteiger charge is -2.16. The smallest absolute Gasteiger partial charge is 0.278 e. The Kier molecular flexibility index (Phi) is 5.74. The Balaban J connectivity index is 1.78. The molecule has 1 aliphatic heterocycles. The van der Waals surface area contributed by atoms with Crippen molar-refractivity contribution in [2.24, 2.45) is 0 Å². The third-order valence-corrected chi connectivity index (χ3v) is 5.31. The first-order valence-corrected chi connectivity index (χ1v) is 10.2. The highest BCUT2D eigenvalue weighted by atomic mass is 19.1. The maximum Gasteiger partial charge on any atom is 0.278 e. The fraction of sp³-hybridized carbons (Fsp3) is 0.120. The Labute approximate surface area is 189 Å². The zero-order chi connectivity index (χ0) is 23.7. The minimum absolute atomic E-state index is 0.0372. The third-order valence-electron chi connectivity index (χ3n) is 5.31. The number of nitro benzene ring substituents is 1. The van der Waals surface area contributed by atoms with Crippen LogP contribution in [0.25, 0.3) is 5.57 Å². The number of benzene rings is 3. The molecule has 2 amide bonds. The lowest BCUT2D eigenvalue weighted by atomic mass is 10.0. The van der Waals surface area contributed by atoms with Gasteiger partial charge in [0.1, 0.15) is 11.5 Å². The van der Waals surface area contributed by atoms with Crippen LogP contribution in [-0.2, 0) is 16.1 Å². The predicted molar refractivity (Wildman–Crippen MR) is 122 cm³/mol. The summed E-state index contributed by atoms with van der Waals surface area (Å²) in [5.74, 6) is -1.73. The van der Waals surface area contributed by atoms with Crippen LogP contribution < -0.4 is 5.32 Å². The van der Waals surface area contributed by atoms with Gasteiger partial charge < -0.3 is 5.32 Å². The number of nitro groups is 1. The molecule has 1 N–H and O–H groups in total. The topological polar surface area (TPSA) is 92.6 Å². The van der Waals surface area contributed by atoms with Gasteiger partial charge in [0.25, 0.3) is 17.5 Å². The average molecular weight is 445 g/mol. The standard InChI is InChI=1S/C25H20FN3O4/c1-15-11-16(2)13-19(12-15)27-23-22(17-7-9-20(10-8-17)29(32)33)24(30)28(25(23)31)14-18-5-3-4-6-21(18)26/h3-13,27H,14H2,1-2H3. The number of non-ortho nitro benzene ring substituents is 1. The second kappa shape index (κ2) is 8.66. The van der Waals surface area contributed by atoms with Crippen LogP contribution in [0.3, 0.4) is 0 Å². The molecular weight excluding hydrogens is 425 g/mol. The quantitative estimate of drug-likeness (QED) is 0.336. The second-order valence-corrected chi connectivity index (χ2v) is 7.84. The molecule has 0 aliphatic carbocycles. The Morgan fingerprint density at radius 2 is 1.58 bits per heavy atom. The molecular formula is C25H20FN3O4. The van der Waals surface area contributed by atoms with Crippen molar-refractivity contribution >= 4 is 28.8 Å². The van der Waals surface area contributed by atoms with Gasteiger partial charge in [0.05, 0.1) is 17.0 Å². The molecule has 0 spiro atoms. The number of nitrogens with zero attached hydrogens (tertiary/aromatic N) is 2. The van der Waals surface area contributed by atoms with Crippen molar-refractivity contribution in [3.8, 4) is 0 Å². The SMILES string of the molecule is Cc1cc(C)cc(NC2=C(c3ccc([N+](=O)[O-])cc3)C(=O)N(Cc3ccccc3F)C2=O)c1. The summed E-state index contributed by atoms with van der Waals surface area (Å²) in [7, 11) is 0. The van der Waals surface area contributed by atoms with Crippen molar-refractivity contribution < 1.29 is 18.9 Å². The molecule has 7 nitrogen and oxygen atoms in total. The number of rotatable bonds is 6. The van der Waals surface area contributed by atoms with Crippen LogP contribution in [0.2, 0.25) is 0 Å². The maximum atomic E-state index is 14.2. The van der Waals surface area contributed by atoms with Crippen LogP contribution in [-0.4, -0.2) is 21.6 Å². The van der Waals surface area contributed by atoms with Crippen LogP contribution >= 0.6 is 0 Å². The largest absolute Gasteiger partial charge is 0.350 e. The fourth-order valence-corrected chi connectivity index (χ4v) is 3.84. The van der Waals surface area contributed by atoms with Gasteiger partial charge in [-0.2, -0.15) is 0 Å². The summed E-state index contributed by atoms with van der Waals surface area (Å²) in [5.41, 5.74) is 3.08. The highest BCUT2D eigenvalue weighted by Gasteiger charge is 2.39. The predicted octanol–water partition coefficient (Wildman–Crippen LogP) is 4.74. The van der Waals surface area contributed by atoms with Crippen molar-refractivity contribution in [3.63, 3.8) is 0 Å². The molecule has 33 heavy (non-hydrogen) atoms. The van der Waals surface area contributed by atoms with E-state index in [1.807, 2.05) is 32.0 Å². The van der Waals surface area contributed by atoms with E-state index in [0.717, 1.165) is 16.0 Å². The van der Waals surface area contributed by atoms with Crippen LogP contribution in [0.1, 0.15) is 22.3 Å². The minimum Gasteiger partial charge on any atom is -0.350 e. The molecule has 0 bridgehead atoms. The Morgan fingerprint density at radius 1 is 0.939 bits per heavy atom. The van der Waals surface area contributed by atoms with Gasteiger partial charge in [0, 0.05) is 23.4 Å². The van der Waals surface area contributed by atoms with Gasteiger partial charge >= 0.3 is 0 Å². The molecule has 1 heterocycles. The summed E-state index contributed by atoms with van der Waals surface area (Å²) in [4.78, 5) is 38.1. The van der Waals surface area contributed by atoms with E-state index in [4.69, 9.17) is 0 Å². The summed E-state index contributed by atoms with van der Waals surface area (Å²) >= 11 is 0. The van der Waals surface area contributed by atoms with E-state index in [1.165, 1.54) is 42.5 Å². The highest BCUT2D eigenvalue weighted by molar-refractivity contribution is 6.36. The van der Waals surface area contributed by atoms with Gasteiger partial charge in [0.2, 0.25) is 0 Å². The summed E-state index contributed by atoms with van der Waals surface area (Å²) < 4.78 is 14.2. The molecule has 3 aromatic carbocycles. The number of amides is 2. The van der Waals surface area contributed by atoms with Crippen molar-refractivity contribution in [1.29, 1.82) is 0 Å². The van der Waals surface area contributed by atoms with Gasteiger partial charge in [0.15, 0.2) is 0 Å². The number of aryl methyl sites for hydroxylation is 2. The minimum atomic E-state index is -0.607. The van der Waals surface area contributed by atoms with Gasteiger partial charge in [-0.3, -0.25) is 24.6 Å². The number of hydrogen-bond donors (Lipinski definition) is 1. The first kappa shape index (κ1) is 21.9. The van der Waals surface area contributed by atoms with E-state index >= 15 is 0 Å². The van der Waals surface area contributed by atoms with E-state index in [9.17, 15) is 24.1 Å². The number of carbonyl (C=O) groups excluding carboxylic acids is 2. The Hall–Kier alpha value is -4.33. The van der Waals surface area contributed by atoms with E-state index in [1.54, 1.807) is 6.07 Å². The summed E-state index contributed by atoms with van der Waals surface area (Å²) in [6.07, 6.45) is 0. The van der Waals surface area contributed by atoms with Crippen LogP contribution in [0, 0.1) is 29.8 Å². The van der Waals surface area contributed by atoms with Crippen molar-refractivity contribution in [2.75, 3.05) is 5.32 Å². The fourth-order valence-electron chi connectivity index (χ4n) is 3.84. The van der Waals surface area contributed by atoms with Crippen LogP contribution in [0.4, 0.5) is 15.8 Å². The number of hydrogen-bond acceptors (Lipinski definition) is 5. The molecule has 0 radical (unpaired) electrons. The monoisotopic (exact) mass is 445 g/mol. The van der Waals surface area contributed by atoms with E-state index in [0.29, 0.717) is 11.3 Å². The van der Waals surface area contributed by atoms with Crippen molar-refractivity contribution in [1.82, 2.24) is 4.90 Å². The molecule has 0 fully saturated rings. The zero-order valence-corrected chi connectivity index (χ0v) is 18.0. The lowest BCUT2D eigenvalue weighted by Crippen LogP contribution is -2.32. The lowest BCUT2D eigenvalue weighted by molar-refractivity contribution is -0.384. The molecule has 0 saturated carbocycles. The first-order chi connectivity index (χ1) is 15.7. The molecule has 0 atom stereocenters. The molecule has 0 unspecified atom stereocenters. The normalized spacial score (nSPS) is 13.6. The van der Waals surface area contributed by atoms with E-state index < -0.39 is 22.6 Å². The number of carbonyl (C=O) groups is 2. The first-order valence-electron chi connectivity index (χ1n) is 10.2. The molecule has 3 aromatic rings. The van der Waals surface area contributed by atoms with Gasteiger partial charge in [-0.25, -0.2) is 4.39 Å². The molecule has 166 valence electrons. The second-order valence-electron chi connectivity index (χ2n) is 7.84.